The Morgan fingerprint density at radius 2 is 1.68 bits per heavy atom. The van der Waals surface area contributed by atoms with Gasteiger partial charge in [0, 0.05) is 18.1 Å². The number of pyridine rings is 1. The highest BCUT2D eigenvalue weighted by Crippen LogP contribution is 2.41. The van der Waals surface area contributed by atoms with Crippen molar-refractivity contribution >= 4 is 17.6 Å². The van der Waals surface area contributed by atoms with E-state index in [0.29, 0.717) is 11.5 Å². The molecule has 0 atom stereocenters. The van der Waals surface area contributed by atoms with Crippen LogP contribution < -0.4 is 14.8 Å². The van der Waals surface area contributed by atoms with Gasteiger partial charge in [-0.2, -0.15) is 0 Å². The van der Waals surface area contributed by atoms with Crippen LogP contribution in [-0.4, -0.2) is 37.2 Å². The number of hydrogen-bond donors (Lipinski definition) is 1. The predicted octanol–water partition coefficient (Wildman–Crippen LogP) is 5.53. The third kappa shape index (κ3) is 5.16. The standard InChI is InChI=1S/C30H26N2O5/c1-19(33)36-14-15-37-27-13-12-21(16-28(27)35-2)23-17-26(20-8-4-3-5-9-20)32-30-22-10-6-7-11-25(22)31-29(34)18-24(23)30/h3-13,16-17H,14-15,18H2,1-2H3,(H,31,34). The third-order valence-corrected chi connectivity index (χ3v) is 6.11. The maximum atomic E-state index is 12.9. The van der Waals surface area contributed by atoms with Crippen LogP contribution in [0.4, 0.5) is 5.69 Å². The molecule has 0 saturated carbocycles. The average Bonchev–Trinajstić information content (AvgIpc) is 3.06. The van der Waals surface area contributed by atoms with E-state index in [9.17, 15) is 9.59 Å². The Morgan fingerprint density at radius 3 is 2.46 bits per heavy atom. The Kier molecular flexibility index (Phi) is 6.85. The topological polar surface area (TPSA) is 86.8 Å². The number of carbonyl (C=O) groups excluding carboxylic acids is 2. The number of nitrogens with zero attached hydrogens (tertiary/aromatic N) is 1. The summed E-state index contributed by atoms with van der Waals surface area (Å²) in [5, 5.41) is 3.02. The average molecular weight is 495 g/mol. The molecule has 0 radical (unpaired) electrons. The number of rotatable bonds is 7. The number of ether oxygens (including phenoxy) is 3. The summed E-state index contributed by atoms with van der Waals surface area (Å²) in [6.07, 6.45) is 0.185. The van der Waals surface area contributed by atoms with E-state index in [4.69, 9.17) is 19.2 Å². The van der Waals surface area contributed by atoms with Gasteiger partial charge in [-0.3, -0.25) is 9.59 Å². The van der Waals surface area contributed by atoms with Crippen LogP contribution in [0.1, 0.15) is 12.5 Å². The molecule has 5 rings (SSSR count). The molecular weight excluding hydrogens is 468 g/mol. The van der Waals surface area contributed by atoms with Gasteiger partial charge < -0.3 is 19.5 Å². The summed E-state index contributed by atoms with van der Waals surface area (Å²) in [6.45, 7) is 1.71. The number of para-hydroxylation sites is 1. The van der Waals surface area contributed by atoms with Gasteiger partial charge in [-0.25, -0.2) is 4.98 Å². The first kappa shape index (κ1) is 24.1. The fourth-order valence-corrected chi connectivity index (χ4v) is 4.43. The molecular formula is C30H26N2O5. The van der Waals surface area contributed by atoms with Gasteiger partial charge in [-0.1, -0.05) is 54.6 Å². The molecule has 0 saturated heterocycles. The molecule has 7 heteroatoms. The minimum atomic E-state index is -0.357. The number of hydrogen-bond acceptors (Lipinski definition) is 6. The van der Waals surface area contributed by atoms with Crippen LogP contribution in [0.5, 0.6) is 11.5 Å². The number of aromatic nitrogens is 1. The van der Waals surface area contributed by atoms with Crippen molar-refractivity contribution in [1.29, 1.82) is 0 Å². The van der Waals surface area contributed by atoms with Crippen molar-refractivity contribution in [3.63, 3.8) is 0 Å². The second-order valence-electron chi connectivity index (χ2n) is 8.57. The smallest absolute Gasteiger partial charge is 0.302 e. The first-order chi connectivity index (χ1) is 18.0. The second-order valence-corrected chi connectivity index (χ2v) is 8.57. The Balaban J connectivity index is 1.64. The minimum absolute atomic E-state index is 0.0981. The van der Waals surface area contributed by atoms with Crippen LogP contribution >= 0.6 is 0 Å². The summed E-state index contributed by atoms with van der Waals surface area (Å²) < 4.78 is 16.3. The van der Waals surface area contributed by atoms with Gasteiger partial charge in [-0.15, -0.1) is 0 Å². The van der Waals surface area contributed by atoms with Gasteiger partial charge in [0.15, 0.2) is 11.5 Å². The fraction of sp³-hybridized carbons (Fsp3) is 0.167. The minimum Gasteiger partial charge on any atom is -0.493 e. The molecule has 4 aromatic rings. The number of amides is 1. The molecule has 1 N–H and O–H groups in total. The fourth-order valence-electron chi connectivity index (χ4n) is 4.43. The lowest BCUT2D eigenvalue weighted by Crippen LogP contribution is -2.13. The number of fused-ring (bicyclic) bond motifs is 3. The summed E-state index contributed by atoms with van der Waals surface area (Å²) in [4.78, 5) is 29.0. The van der Waals surface area contributed by atoms with Crippen molar-refractivity contribution in [1.82, 2.24) is 4.98 Å². The van der Waals surface area contributed by atoms with Crippen molar-refractivity contribution in [2.24, 2.45) is 0 Å². The van der Waals surface area contributed by atoms with E-state index in [1.807, 2.05) is 78.9 Å². The quantitative estimate of drug-likeness (QED) is 0.269. The molecule has 1 aliphatic rings. The number of methoxy groups -OCH3 is 1. The van der Waals surface area contributed by atoms with Gasteiger partial charge >= 0.3 is 5.97 Å². The molecule has 186 valence electrons. The molecule has 37 heavy (non-hydrogen) atoms. The van der Waals surface area contributed by atoms with E-state index in [1.54, 1.807) is 7.11 Å². The summed E-state index contributed by atoms with van der Waals surface area (Å²) in [6, 6.07) is 25.3. The number of benzene rings is 3. The zero-order chi connectivity index (χ0) is 25.8. The number of nitrogens with one attached hydrogen (secondary N) is 1. The van der Waals surface area contributed by atoms with Crippen LogP contribution in [0.25, 0.3) is 33.6 Å². The maximum absolute atomic E-state index is 12.9. The lowest BCUT2D eigenvalue weighted by atomic mass is 9.92. The van der Waals surface area contributed by atoms with Gasteiger partial charge in [0.05, 0.1) is 30.6 Å². The molecule has 7 nitrogen and oxygen atoms in total. The molecule has 1 aromatic heterocycles. The van der Waals surface area contributed by atoms with Crippen molar-refractivity contribution in [2.45, 2.75) is 13.3 Å². The van der Waals surface area contributed by atoms with E-state index >= 15 is 0 Å². The molecule has 3 aromatic carbocycles. The molecule has 0 unspecified atom stereocenters. The summed E-state index contributed by atoms with van der Waals surface area (Å²) in [5.74, 6) is 0.610. The van der Waals surface area contributed by atoms with E-state index in [1.165, 1.54) is 6.92 Å². The van der Waals surface area contributed by atoms with Crippen LogP contribution in [0.3, 0.4) is 0 Å². The van der Waals surface area contributed by atoms with Crippen molar-refractivity contribution in [2.75, 3.05) is 25.6 Å². The molecule has 0 spiro atoms. The lowest BCUT2D eigenvalue weighted by molar-refractivity contribution is -0.141. The number of anilines is 1. The number of esters is 1. The van der Waals surface area contributed by atoms with Crippen molar-refractivity contribution in [3.8, 4) is 45.1 Å². The van der Waals surface area contributed by atoms with E-state index in [0.717, 1.165) is 44.9 Å². The highest BCUT2D eigenvalue weighted by molar-refractivity contribution is 6.02. The molecule has 0 bridgehead atoms. The Labute approximate surface area is 215 Å². The van der Waals surface area contributed by atoms with Gasteiger partial charge in [-0.05, 0) is 41.0 Å². The first-order valence-corrected chi connectivity index (χ1v) is 12.0. The summed E-state index contributed by atoms with van der Waals surface area (Å²) in [5.41, 5.74) is 6.76. The molecule has 1 amide bonds. The highest BCUT2D eigenvalue weighted by atomic mass is 16.6. The summed E-state index contributed by atoms with van der Waals surface area (Å²) >= 11 is 0. The molecule has 0 fully saturated rings. The van der Waals surface area contributed by atoms with Crippen LogP contribution in [0.15, 0.2) is 78.9 Å². The SMILES string of the molecule is COc1cc(-c2cc(-c3ccccc3)nc3c2CC(=O)Nc2ccccc2-3)ccc1OCCOC(C)=O. The maximum Gasteiger partial charge on any atom is 0.302 e. The Bertz CT molecular complexity index is 1470. The number of carbonyl (C=O) groups is 2. The normalized spacial score (nSPS) is 12.0. The zero-order valence-electron chi connectivity index (χ0n) is 20.6. The van der Waals surface area contributed by atoms with Crippen LogP contribution in [-0.2, 0) is 20.7 Å². The molecule has 2 heterocycles. The largest absolute Gasteiger partial charge is 0.493 e. The van der Waals surface area contributed by atoms with Crippen molar-refractivity contribution < 1.29 is 23.8 Å². The second kappa shape index (κ2) is 10.5. The summed E-state index contributed by atoms with van der Waals surface area (Å²) in [7, 11) is 1.57. The van der Waals surface area contributed by atoms with E-state index < -0.39 is 0 Å². The van der Waals surface area contributed by atoms with Gasteiger partial charge in [0.25, 0.3) is 0 Å². The highest BCUT2D eigenvalue weighted by Gasteiger charge is 2.24. The first-order valence-electron chi connectivity index (χ1n) is 12.0. The lowest BCUT2D eigenvalue weighted by Gasteiger charge is -2.17. The molecule has 1 aliphatic heterocycles. The van der Waals surface area contributed by atoms with Gasteiger partial charge in [0.1, 0.15) is 13.2 Å². The van der Waals surface area contributed by atoms with Crippen LogP contribution in [0.2, 0.25) is 0 Å². The Morgan fingerprint density at radius 1 is 0.892 bits per heavy atom. The van der Waals surface area contributed by atoms with E-state index in [2.05, 4.69) is 5.32 Å². The van der Waals surface area contributed by atoms with Crippen molar-refractivity contribution in [3.05, 3.63) is 84.4 Å². The molecule has 0 aliphatic carbocycles. The predicted molar refractivity (Wildman–Crippen MR) is 142 cm³/mol. The monoisotopic (exact) mass is 494 g/mol. The van der Waals surface area contributed by atoms with Crippen LogP contribution in [0, 0.1) is 0 Å². The van der Waals surface area contributed by atoms with E-state index in [-0.39, 0.29) is 31.5 Å². The Hall–Kier alpha value is -4.65. The zero-order valence-corrected chi connectivity index (χ0v) is 20.6. The van der Waals surface area contributed by atoms with Gasteiger partial charge in [0.2, 0.25) is 5.91 Å². The third-order valence-electron chi connectivity index (χ3n) is 6.11.